The van der Waals surface area contributed by atoms with E-state index in [4.69, 9.17) is 26.2 Å². The first-order valence-electron chi connectivity index (χ1n) is 14.0. The van der Waals surface area contributed by atoms with Gasteiger partial charge in [-0.1, -0.05) is 12.0 Å². The number of carbonyl (C=O) groups is 2. The SMILES string of the molecule is C#Cc1c(F)ccc2cc(O)cc(-c3ncc4c(N5CC6CCC(C5)N6)cc(=O)n(C)c4c3F)c12.O=C(O)C(F)(F)F.O=C(O)C(F)(F)F. The summed E-state index contributed by atoms with van der Waals surface area (Å²) >= 11 is 0. The maximum absolute atomic E-state index is 16.2. The van der Waals surface area contributed by atoms with Crippen molar-refractivity contribution in [1.82, 2.24) is 14.9 Å². The molecule has 0 radical (unpaired) electrons. The second kappa shape index (κ2) is 13.6. The Hall–Kier alpha value is -5.44. The van der Waals surface area contributed by atoms with Crippen LogP contribution in [0.5, 0.6) is 5.75 Å². The molecular weight excluding hydrogens is 676 g/mol. The van der Waals surface area contributed by atoms with E-state index in [1.165, 1.54) is 48.1 Å². The van der Waals surface area contributed by atoms with Crippen molar-refractivity contribution in [2.75, 3.05) is 18.0 Å². The number of nitrogens with zero attached hydrogens (tertiary/aromatic N) is 3. The number of nitrogens with one attached hydrogen (secondary N) is 1. The number of aryl methyl sites for hydroxylation is 1. The molecule has 2 aliphatic rings. The number of rotatable bonds is 2. The van der Waals surface area contributed by atoms with Gasteiger partial charge >= 0.3 is 24.3 Å². The number of hydrogen-bond donors (Lipinski definition) is 4. The number of aromatic hydroxyl groups is 1. The van der Waals surface area contributed by atoms with Crippen LogP contribution in [0.3, 0.4) is 0 Å². The van der Waals surface area contributed by atoms with Gasteiger partial charge in [-0.25, -0.2) is 18.4 Å². The van der Waals surface area contributed by atoms with Crippen molar-refractivity contribution in [3.8, 4) is 29.4 Å². The van der Waals surface area contributed by atoms with Crippen LogP contribution >= 0.6 is 0 Å². The number of aliphatic carboxylic acids is 2. The summed E-state index contributed by atoms with van der Waals surface area (Å²) in [6.45, 7) is 1.45. The Morgan fingerprint density at radius 3 is 2.04 bits per heavy atom. The Bertz CT molecular complexity index is 2020. The van der Waals surface area contributed by atoms with E-state index in [2.05, 4.69) is 21.1 Å². The standard InChI is InChI=1S/C27H22F2N4O2.2C2HF3O2/c1-3-18-21(28)7-4-14-8-17(34)9-19(24(14)18)26-25(29)27-20(11-30-26)22(10-23(35)32(27)2)33-12-15-5-6-16(13-33)31-15;2*3-2(4,5)1(6)7/h1,4,7-11,15-16,31,34H,5-6,12-13H2,2H3;2*(H,6,7). The van der Waals surface area contributed by atoms with E-state index in [1.807, 2.05) is 0 Å². The zero-order valence-electron chi connectivity index (χ0n) is 25.0. The molecule has 4 aromatic rings. The van der Waals surface area contributed by atoms with Gasteiger partial charge in [0.05, 0.1) is 16.8 Å². The van der Waals surface area contributed by atoms with Crippen LogP contribution in [0.2, 0.25) is 0 Å². The Balaban J connectivity index is 0.000000327. The Kier molecular flexibility index (Phi) is 10.1. The molecule has 49 heavy (non-hydrogen) atoms. The van der Waals surface area contributed by atoms with Crippen LogP contribution in [0.4, 0.5) is 40.8 Å². The highest BCUT2D eigenvalue weighted by Gasteiger charge is 2.39. The molecule has 2 fully saturated rings. The van der Waals surface area contributed by atoms with E-state index < -0.39 is 35.9 Å². The fraction of sp³-hybridized carbons (Fsp3) is 0.290. The minimum Gasteiger partial charge on any atom is -0.508 e. The molecule has 6 rings (SSSR count). The summed E-state index contributed by atoms with van der Waals surface area (Å²) in [6, 6.07) is 7.63. The highest BCUT2D eigenvalue weighted by molar-refractivity contribution is 6.03. The maximum Gasteiger partial charge on any atom is 0.490 e. The van der Waals surface area contributed by atoms with Crippen LogP contribution in [-0.4, -0.2) is 74.3 Å². The number of pyridine rings is 2. The molecule has 0 aliphatic carbocycles. The van der Waals surface area contributed by atoms with Crippen LogP contribution in [0.15, 0.2) is 41.3 Å². The van der Waals surface area contributed by atoms with Crippen molar-refractivity contribution < 1.29 is 60.0 Å². The molecule has 2 saturated heterocycles. The van der Waals surface area contributed by atoms with Crippen molar-refractivity contribution in [2.45, 2.75) is 37.3 Å². The number of piperazine rings is 1. The lowest BCUT2D eigenvalue weighted by Gasteiger charge is -2.35. The van der Waals surface area contributed by atoms with Crippen molar-refractivity contribution >= 4 is 39.3 Å². The zero-order chi connectivity index (χ0) is 36.6. The van der Waals surface area contributed by atoms with Crippen LogP contribution < -0.4 is 15.8 Å². The smallest absolute Gasteiger partial charge is 0.490 e. The average molecular weight is 701 g/mol. The fourth-order valence-electron chi connectivity index (χ4n) is 5.59. The third-order valence-electron chi connectivity index (χ3n) is 7.69. The average Bonchev–Trinajstić information content (AvgIpc) is 3.35. The summed E-state index contributed by atoms with van der Waals surface area (Å²) < 4.78 is 95.5. The lowest BCUT2D eigenvalue weighted by atomic mass is 9.95. The third kappa shape index (κ3) is 7.67. The van der Waals surface area contributed by atoms with Gasteiger partial charge < -0.3 is 30.1 Å². The minimum atomic E-state index is -5.08. The number of terminal acetylenes is 1. The van der Waals surface area contributed by atoms with Gasteiger partial charge in [0.2, 0.25) is 0 Å². The van der Waals surface area contributed by atoms with E-state index >= 15 is 4.39 Å². The topological polar surface area (TPSA) is 145 Å². The van der Waals surface area contributed by atoms with Gasteiger partial charge in [-0.05, 0) is 36.4 Å². The Morgan fingerprint density at radius 1 is 0.980 bits per heavy atom. The molecule has 2 bridgehead atoms. The van der Waals surface area contributed by atoms with E-state index in [-0.39, 0.29) is 39.0 Å². The van der Waals surface area contributed by atoms with Crippen LogP contribution in [-0.2, 0) is 16.6 Å². The van der Waals surface area contributed by atoms with Crippen molar-refractivity contribution in [1.29, 1.82) is 0 Å². The third-order valence-corrected chi connectivity index (χ3v) is 7.69. The molecule has 2 aromatic carbocycles. The van der Waals surface area contributed by atoms with Gasteiger partial charge in [-0.15, -0.1) is 6.42 Å². The number of carboxylic acid groups (broad SMARTS) is 2. The first-order chi connectivity index (χ1) is 22.7. The molecule has 18 heteroatoms. The quantitative estimate of drug-likeness (QED) is 0.169. The summed E-state index contributed by atoms with van der Waals surface area (Å²) in [7, 11) is 1.51. The van der Waals surface area contributed by atoms with Crippen LogP contribution in [0.1, 0.15) is 18.4 Å². The normalized spacial score (nSPS) is 17.1. The lowest BCUT2D eigenvalue weighted by Crippen LogP contribution is -2.51. The number of fused-ring (bicyclic) bond motifs is 4. The van der Waals surface area contributed by atoms with Gasteiger partial charge in [0.15, 0.2) is 5.82 Å². The molecule has 2 aromatic heterocycles. The van der Waals surface area contributed by atoms with E-state index in [9.17, 15) is 40.6 Å². The molecule has 0 amide bonds. The van der Waals surface area contributed by atoms with E-state index in [1.54, 1.807) is 0 Å². The van der Waals surface area contributed by atoms with Crippen molar-refractivity contribution in [2.24, 2.45) is 7.05 Å². The molecule has 0 spiro atoms. The summed E-state index contributed by atoms with van der Waals surface area (Å²) in [6.07, 6.45) is -0.909. The van der Waals surface area contributed by atoms with Crippen molar-refractivity contribution in [3.05, 3.63) is 64.1 Å². The maximum atomic E-state index is 16.2. The number of phenolic OH excluding ortho intramolecular Hbond substituents is 1. The largest absolute Gasteiger partial charge is 0.508 e. The molecular formula is C31H24F8N4O6. The van der Waals surface area contributed by atoms with Gasteiger partial charge in [0.25, 0.3) is 5.56 Å². The second-order valence-electron chi connectivity index (χ2n) is 10.9. The second-order valence-corrected chi connectivity index (χ2v) is 10.9. The molecule has 4 N–H and O–H groups in total. The molecule has 260 valence electrons. The number of phenols is 1. The minimum absolute atomic E-state index is 0.0438. The number of benzene rings is 2. The van der Waals surface area contributed by atoms with E-state index in [0.29, 0.717) is 28.5 Å². The van der Waals surface area contributed by atoms with Gasteiger partial charge in [-0.3, -0.25) is 9.78 Å². The number of aromatic nitrogens is 2. The number of anilines is 1. The van der Waals surface area contributed by atoms with Crippen LogP contribution in [0.25, 0.3) is 32.9 Å². The lowest BCUT2D eigenvalue weighted by molar-refractivity contribution is -0.193. The predicted octanol–water partition coefficient (Wildman–Crippen LogP) is 4.93. The molecule has 4 heterocycles. The summed E-state index contributed by atoms with van der Waals surface area (Å²) in [4.78, 5) is 37.2. The highest BCUT2D eigenvalue weighted by Crippen LogP contribution is 2.39. The number of alkyl halides is 6. The molecule has 2 aliphatic heterocycles. The monoisotopic (exact) mass is 700 g/mol. The van der Waals surface area contributed by atoms with Gasteiger partial charge in [0, 0.05) is 60.8 Å². The van der Waals surface area contributed by atoms with Gasteiger partial charge in [0.1, 0.15) is 17.3 Å². The first kappa shape index (κ1) is 36.4. The summed E-state index contributed by atoms with van der Waals surface area (Å²) in [5.41, 5.74) is 0.398. The fourth-order valence-corrected chi connectivity index (χ4v) is 5.59. The Morgan fingerprint density at radius 2 is 1.53 bits per heavy atom. The van der Waals surface area contributed by atoms with Crippen LogP contribution in [0, 0.1) is 24.0 Å². The zero-order valence-corrected chi connectivity index (χ0v) is 25.0. The molecule has 2 atom stereocenters. The summed E-state index contributed by atoms with van der Waals surface area (Å²) in [5, 5.41) is 29.4. The molecule has 0 saturated carbocycles. The Labute approximate surface area is 270 Å². The highest BCUT2D eigenvalue weighted by atomic mass is 19.4. The molecule has 2 unspecified atom stereocenters. The van der Waals surface area contributed by atoms with E-state index in [0.717, 1.165) is 25.9 Å². The van der Waals surface area contributed by atoms with Crippen molar-refractivity contribution in [3.63, 3.8) is 0 Å². The number of halogens is 8. The number of carboxylic acids is 2. The summed E-state index contributed by atoms with van der Waals surface area (Å²) in [5.74, 6) is -4.68. The van der Waals surface area contributed by atoms with Gasteiger partial charge in [-0.2, -0.15) is 26.3 Å². The number of hydrogen-bond acceptors (Lipinski definition) is 7. The predicted molar refractivity (Wildman–Crippen MR) is 159 cm³/mol. The first-order valence-corrected chi connectivity index (χ1v) is 14.0. The molecule has 10 nitrogen and oxygen atoms in total.